The van der Waals surface area contributed by atoms with Crippen LogP contribution in [0.4, 0.5) is 18.9 Å². The first-order chi connectivity index (χ1) is 10.0. The van der Waals surface area contributed by atoms with Gasteiger partial charge in [-0.3, -0.25) is 0 Å². The van der Waals surface area contributed by atoms with Gasteiger partial charge in [-0.2, -0.15) is 13.2 Å². The highest BCUT2D eigenvalue weighted by Gasteiger charge is 2.30. The Morgan fingerprint density at radius 1 is 0.952 bits per heavy atom. The summed E-state index contributed by atoms with van der Waals surface area (Å²) >= 11 is 0. The number of alkyl halides is 3. The van der Waals surface area contributed by atoms with Crippen LogP contribution in [0.5, 0.6) is 0 Å². The third-order valence-corrected chi connectivity index (χ3v) is 3.33. The molecule has 0 amide bonds. The third kappa shape index (κ3) is 4.25. The van der Waals surface area contributed by atoms with Crippen LogP contribution < -0.4 is 5.32 Å². The molecule has 0 radical (unpaired) electrons. The molecule has 112 valence electrons. The van der Waals surface area contributed by atoms with Crippen molar-refractivity contribution in [3.63, 3.8) is 0 Å². The van der Waals surface area contributed by atoms with E-state index in [-0.39, 0.29) is 6.04 Å². The average molecular weight is 293 g/mol. The fourth-order valence-electron chi connectivity index (χ4n) is 2.25. The van der Waals surface area contributed by atoms with Gasteiger partial charge in [0.1, 0.15) is 0 Å². The van der Waals surface area contributed by atoms with E-state index in [2.05, 4.69) is 12.2 Å². The van der Waals surface area contributed by atoms with Gasteiger partial charge in [-0.25, -0.2) is 0 Å². The highest BCUT2D eigenvalue weighted by atomic mass is 19.4. The molecule has 0 aliphatic carbocycles. The summed E-state index contributed by atoms with van der Waals surface area (Å²) < 4.78 is 37.6. The zero-order chi connectivity index (χ0) is 15.3. The van der Waals surface area contributed by atoms with Gasteiger partial charge >= 0.3 is 6.18 Å². The topological polar surface area (TPSA) is 12.0 Å². The van der Waals surface area contributed by atoms with E-state index in [9.17, 15) is 13.2 Å². The lowest BCUT2D eigenvalue weighted by atomic mass is 10.0. The molecular weight excluding hydrogens is 275 g/mol. The second-order valence-corrected chi connectivity index (χ2v) is 4.97. The number of benzene rings is 2. The Kier molecular flexibility index (Phi) is 4.89. The number of hydrogen-bond donors (Lipinski definition) is 1. The van der Waals surface area contributed by atoms with E-state index < -0.39 is 11.7 Å². The Balaban J connectivity index is 2.14. The molecule has 0 heterocycles. The lowest BCUT2D eigenvalue weighted by molar-refractivity contribution is -0.137. The molecule has 0 aliphatic rings. The maximum atomic E-state index is 12.5. The molecule has 2 aromatic rings. The molecule has 4 heteroatoms. The van der Waals surface area contributed by atoms with Crippen molar-refractivity contribution in [2.75, 3.05) is 5.32 Å². The highest BCUT2D eigenvalue weighted by Crippen LogP contribution is 2.31. The summed E-state index contributed by atoms with van der Waals surface area (Å²) in [4.78, 5) is 0. The smallest absolute Gasteiger partial charge is 0.378 e. The van der Waals surface area contributed by atoms with E-state index in [4.69, 9.17) is 0 Å². The molecule has 0 fully saturated rings. The first kappa shape index (κ1) is 15.4. The summed E-state index contributed by atoms with van der Waals surface area (Å²) in [7, 11) is 0. The summed E-state index contributed by atoms with van der Waals surface area (Å²) in [6, 6.07) is 15.2. The summed E-state index contributed by atoms with van der Waals surface area (Å²) in [5, 5.41) is 3.31. The predicted molar refractivity (Wildman–Crippen MR) is 79.2 cm³/mol. The number of rotatable bonds is 5. The molecule has 1 nitrogen and oxygen atoms in total. The minimum Gasteiger partial charge on any atom is -0.378 e. The summed E-state index contributed by atoms with van der Waals surface area (Å²) in [6.07, 6.45) is -2.38. The monoisotopic (exact) mass is 293 g/mol. The molecule has 0 saturated carbocycles. The van der Waals surface area contributed by atoms with Gasteiger partial charge in [0.15, 0.2) is 0 Å². The Morgan fingerprint density at radius 3 is 2.10 bits per heavy atom. The Hall–Kier alpha value is -1.97. The van der Waals surface area contributed by atoms with Gasteiger partial charge < -0.3 is 5.32 Å². The lowest BCUT2D eigenvalue weighted by Gasteiger charge is -2.20. The van der Waals surface area contributed by atoms with Crippen molar-refractivity contribution >= 4 is 5.69 Å². The van der Waals surface area contributed by atoms with Crippen molar-refractivity contribution in [2.45, 2.75) is 32.0 Å². The minimum absolute atomic E-state index is 0.105. The van der Waals surface area contributed by atoms with Crippen molar-refractivity contribution in [2.24, 2.45) is 0 Å². The van der Waals surface area contributed by atoms with Crippen LogP contribution in [-0.4, -0.2) is 0 Å². The molecule has 1 unspecified atom stereocenters. The maximum absolute atomic E-state index is 12.5. The molecule has 2 aromatic carbocycles. The van der Waals surface area contributed by atoms with Crippen molar-refractivity contribution < 1.29 is 13.2 Å². The van der Waals surface area contributed by atoms with Crippen LogP contribution in [-0.2, 0) is 6.18 Å². The normalized spacial score (nSPS) is 13.0. The number of anilines is 1. The first-order valence-electron chi connectivity index (χ1n) is 6.99. The van der Waals surface area contributed by atoms with E-state index in [1.807, 2.05) is 30.3 Å². The SMILES string of the molecule is CCCC(Nc1ccc(C(F)(F)F)cc1)c1ccccc1. The Bertz CT molecular complexity index is 546. The van der Waals surface area contributed by atoms with E-state index in [1.54, 1.807) is 0 Å². The van der Waals surface area contributed by atoms with Crippen molar-refractivity contribution in [3.05, 3.63) is 65.7 Å². The Labute approximate surface area is 122 Å². The van der Waals surface area contributed by atoms with Gasteiger partial charge in [-0.15, -0.1) is 0 Å². The molecule has 0 bridgehead atoms. The van der Waals surface area contributed by atoms with Crippen LogP contribution in [0.1, 0.15) is 36.9 Å². The fraction of sp³-hybridized carbons (Fsp3) is 0.294. The Morgan fingerprint density at radius 2 is 1.57 bits per heavy atom. The van der Waals surface area contributed by atoms with Crippen molar-refractivity contribution in [1.82, 2.24) is 0 Å². The first-order valence-corrected chi connectivity index (χ1v) is 6.99. The zero-order valence-corrected chi connectivity index (χ0v) is 11.8. The second-order valence-electron chi connectivity index (χ2n) is 4.97. The van der Waals surface area contributed by atoms with Gasteiger partial charge in [-0.05, 0) is 36.2 Å². The predicted octanol–water partition coefficient (Wildman–Crippen LogP) is 5.66. The van der Waals surface area contributed by atoms with Gasteiger partial charge in [0.2, 0.25) is 0 Å². The lowest BCUT2D eigenvalue weighted by Crippen LogP contribution is -2.11. The summed E-state index contributed by atoms with van der Waals surface area (Å²) in [5.74, 6) is 0. The largest absolute Gasteiger partial charge is 0.416 e. The van der Waals surface area contributed by atoms with Gasteiger partial charge in [-0.1, -0.05) is 43.7 Å². The van der Waals surface area contributed by atoms with Crippen LogP contribution in [0.3, 0.4) is 0 Å². The van der Waals surface area contributed by atoms with Crippen LogP contribution in [0.2, 0.25) is 0 Å². The quantitative estimate of drug-likeness (QED) is 0.750. The standard InChI is InChI=1S/C17H18F3N/c1-2-6-16(13-7-4-3-5-8-13)21-15-11-9-14(10-12-15)17(18,19)20/h3-5,7-12,16,21H,2,6H2,1H3. The summed E-state index contributed by atoms with van der Waals surface area (Å²) in [5.41, 5.74) is 1.21. The van der Waals surface area contributed by atoms with Crippen molar-refractivity contribution in [1.29, 1.82) is 0 Å². The second kappa shape index (κ2) is 6.66. The summed E-state index contributed by atoms with van der Waals surface area (Å²) in [6.45, 7) is 2.09. The van der Waals surface area contributed by atoms with Crippen LogP contribution in [0.15, 0.2) is 54.6 Å². The molecular formula is C17H18F3N. The van der Waals surface area contributed by atoms with Crippen LogP contribution in [0, 0.1) is 0 Å². The molecule has 0 aliphatic heterocycles. The molecule has 0 saturated heterocycles. The number of halogens is 3. The van der Waals surface area contributed by atoms with Crippen LogP contribution in [0.25, 0.3) is 0 Å². The van der Waals surface area contributed by atoms with E-state index in [0.717, 1.165) is 30.5 Å². The number of nitrogens with one attached hydrogen (secondary N) is 1. The van der Waals surface area contributed by atoms with E-state index in [1.165, 1.54) is 12.1 Å². The van der Waals surface area contributed by atoms with E-state index in [0.29, 0.717) is 5.69 Å². The molecule has 0 aromatic heterocycles. The van der Waals surface area contributed by atoms with Gasteiger partial charge in [0, 0.05) is 5.69 Å². The molecule has 2 rings (SSSR count). The molecule has 0 spiro atoms. The maximum Gasteiger partial charge on any atom is 0.416 e. The fourth-order valence-corrected chi connectivity index (χ4v) is 2.25. The zero-order valence-electron chi connectivity index (χ0n) is 11.8. The number of hydrogen-bond acceptors (Lipinski definition) is 1. The van der Waals surface area contributed by atoms with Crippen LogP contribution >= 0.6 is 0 Å². The molecule has 1 N–H and O–H groups in total. The minimum atomic E-state index is -4.29. The van der Waals surface area contributed by atoms with Gasteiger partial charge in [0.05, 0.1) is 11.6 Å². The van der Waals surface area contributed by atoms with Crippen molar-refractivity contribution in [3.8, 4) is 0 Å². The molecule has 1 atom stereocenters. The highest BCUT2D eigenvalue weighted by molar-refractivity contribution is 5.47. The third-order valence-electron chi connectivity index (χ3n) is 3.33. The average Bonchev–Trinajstić information content (AvgIpc) is 2.47. The molecule has 21 heavy (non-hydrogen) atoms. The van der Waals surface area contributed by atoms with Gasteiger partial charge in [0.25, 0.3) is 0 Å². The van der Waals surface area contributed by atoms with E-state index >= 15 is 0 Å².